The van der Waals surface area contributed by atoms with Gasteiger partial charge in [0.1, 0.15) is 0 Å². The highest BCUT2D eigenvalue weighted by Gasteiger charge is 2.08. The Hall–Kier alpha value is -2.66. The first kappa shape index (κ1) is 17.2. The number of amides is 1. The molecule has 0 unspecified atom stereocenters. The summed E-state index contributed by atoms with van der Waals surface area (Å²) in [6.45, 7) is 2.53. The average molecular weight is 396 g/mol. The van der Waals surface area contributed by atoms with Crippen molar-refractivity contribution in [2.45, 2.75) is 13.5 Å². The minimum atomic E-state index is -0.143. The molecule has 0 aliphatic heterocycles. The molecule has 25 heavy (non-hydrogen) atoms. The van der Waals surface area contributed by atoms with Crippen molar-refractivity contribution in [3.63, 3.8) is 0 Å². The van der Waals surface area contributed by atoms with E-state index in [0.29, 0.717) is 12.1 Å². The van der Waals surface area contributed by atoms with Crippen molar-refractivity contribution in [2.24, 2.45) is 0 Å². The number of carbonyl (C=O) groups excluding carboxylic acids is 1. The van der Waals surface area contributed by atoms with Crippen LogP contribution in [0.1, 0.15) is 21.5 Å². The number of carbonyl (C=O) groups is 1. The number of hydrogen-bond acceptors (Lipinski definition) is 3. The highest BCUT2D eigenvalue weighted by molar-refractivity contribution is 9.10. The second-order valence-electron chi connectivity index (χ2n) is 5.70. The van der Waals surface area contributed by atoms with Crippen LogP contribution in [-0.2, 0) is 6.54 Å². The lowest BCUT2D eigenvalue weighted by atomic mass is 10.1. The highest BCUT2D eigenvalue weighted by atomic mass is 79.9. The minimum absolute atomic E-state index is 0.143. The number of anilines is 2. The normalized spacial score (nSPS) is 10.3. The highest BCUT2D eigenvalue weighted by Crippen LogP contribution is 2.19. The predicted molar refractivity (Wildman–Crippen MR) is 104 cm³/mol. The van der Waals surface area contributed by atoms with E-state index in [1.54, 1.807) is 18.5 Å². The molecule has 0 spiro atoms. The fraction of sp³-hybridized carbons (Fsp3) is 0.100. The molecule has 2 aromatic carbocycles. The van der Waals surface area contributed by atoms with E-state index in [-0.39, 0.29) is 5.91 Å². The number of halogens is 1. The summed E-state index contributed by atoms with van der Waals surface area (Å²) in [6.07, 6.45) is 3.26. The van der Waals surface area contributed by atoms with Crippen LogP contribution in [0.15, 0.2) is 71.5 Å². The molecule has 0 saturated carbocycles. The smallest absolute Gasteiger partial charge is 0.253 e. The van der Waals surface area contributed by atoms with Crippen LogP contribution in [-0.4, -0.2) is 10.9 Å². The van der Waals surface area contributed by atoms with Gasteiger partial charge in [-0.15, -0.1) is 0 Å². The molecular formula is C20H18BrN3O. The zero-order chi connectivity index (χ0) is 17.6. The molecule has 3 aromatic rings. The standard InChI is InChI=1S/C20H18BrN3O/c1-14-4-2-3-5-15(14)12-23-20(25)16-10-19(13-22-11-16)24-18-8-6-17(21)7-9-18/h2-11,13,24H,12H2,1H3,(H,23,25). The van der Waals surface area contributed by atoms with Crippen molar-refractivity contribution >= 4 is 33.2 Å². The molecule has 0 bridgehead atoms. The topological polar surface area (TPSA) is 54.0 Å². The molecule has 0 aliphatic rings. The second kappa shape index (κ2) is 7.94. The first-order chi connectivity index (χ1) is 12.1. The van der Waals surface area contributed by atoms with Crippen LogP contribution in [0, 0.1) is 6.92 Å². The van der Waals surface area contributed by atoms with Gasteiger partial charge in [0.25, 0.3) is 5.91 Å². The molecule has 1 aromatic heterocycles. The first-order valence-corrected chi connectivity index (χ1v) is 8.71. The minimum Gasteiger partial charge on any atom is -0.354 e. The van der Waals surface area contributed by atoms with E-state index in [1.807, 2.05) is 55.5 Å². The van der Waals surface area contributed by atoms with Gasteiger partial charge in [0.05, 0.1) is 17.4 Å². The maximum Gasteiger partial charge on any atom is 0.253 e. The largest absolute Gasteiger partial charge is 0.354 e. The van der Waals surface area contributed by atoms with Crippen molar-refractivity contribution in [3.8, 4) is 0 Å². The first-order valence-electron chi connectivity index (χ1n) is 7.92. The number of aromatic nitrogens is 1. The Morgan fingerprint density at radius 2 is 1.80 bits per heavy atom. The summed E-state index contributed by atoms with van der Waals surface area (Å²) in [5, 5.41) is 6.19. The second-order valence-corrected chi connectivity index (χ2v) is 6.62. The van der Waals surface area contributed by atoms with E-state index >= 15 is 0 Å². The van der Waals surface area contributed by atoms with Crippen LogP contribution in [0.2, 0.25) is 0 Å². The summed E-state index contributed by atoms with van der Waals surface area (Å²) < 4.78 is 1.01. The van der Waals surface area contributed by atoms with E-state index in [4.69, 9.17) is 0 Å². The summed E-state index contributed by atoms with van der Waals surface area (Å²) in [6, 6.07) is 17.6. The van der Waals surface area contributed by atoms with E-state index in [2.05, 4.69) is 31.5 Å². The molecule has 1 amide bonds. The molecule has 0 saturated heterocycles. The summed E-state index contributed by atoms with van der Waals surface area (Å²) in [7, 11) is 0. The van der Waals surface area contributed by atoms with Gasteiger partial charge in [-0.2, -0.15) is 0 Å². The van der Waals surface area contributed by atoms with Crippen molar-refractivity contribution in [2.75, 3.05) is 5.32 Å². The fourth-order valence-electron chi connectivity index (χ4n) is 2.42. The maximum absolute atomic E-state index is 12.4. The Bertz CT molecular complexity index is 878. The van der Waals surface area contributed by atoms with Gasteiger partial charge in [-0.25, -0.2) is 0 Å². The van der Waals surface area contributed by atoms with Gasteiger partial charge < -0.3 is 10.6 Å². The van der Waals surface area contributed by atoms with Crippen molar-refractivity contribution in [1.82, 2.24) is 10.3 Å². The summed E-state index contributed by atoms with van der Waals surface area (Å²) >= 11 is 3.41. The van der Waals surface area contributed by atoms with Gasteiger partial charge in [0, 0.05) is 22.9 Å². The lowest BCUT2D eigenvalue weighted by molar-refractivity contribution is 0.0950. The zero-order valence-corrected chi connectivity index (χ0v) is 15.4. The van der Waals surface area contributed by atoms with Crippen LogP contribution < -0.4 is 10.6 Å². The number of pyridine rings is 1. The number of benzene rings is 2. The van der Waals surface area contributed by atoms with E-state index in [0.717, 1.165) is 27.0 Å². The molecule has 1 heterocycles. The van der Waals surface area contributed by atoms with Crippen LogP contribution >= 0.6 is 15.9 Å². The van der Waals surface area contributed by atoms with Crippen LogP contribution in [0.3, 0.4) is 0 Å². The average Bonchev–Trinajstić information content (AvgIpc) is 2.63. The Balaban J connectivity index is 1.67. The van der Waals surface area contributed by atoms with Crippen molar-refractivity contribution < 1.29 is 4.79 Å². The van der Waals surface area contributed by atoms with E-state index < -0.39 is 0 Å². The third kappa shape index (κ3) is 4.67. The number of aryl methyl sites for hydroxylation is 1. The summed E-state index contributed by atoms with van der Waals surface area (Å²) in [4.78, 5) is 16.6. The van der Waals surface area contributed by atoms with Gasteiger partial charge >= 0.3 is 0 Å². The molecule has 0 fully saturated rings. The molecule has 4 nitrogen and oxygen atoms in total. The number of nitrogens with one attached hydrogen (secondary N) is 2. The zero-order valence-electron chi connectivity index (χ0n) is 13.8. The number of nitrogens with zero attached hydrogens (tertiary/aromatic N) is 1. The lowest BCUT2D eigenvalue weighted by Crippen LogP contribution is -2.23. The Morgan fingerprint density at radius 1 is 1.04 bits per heavy atom. The van der Waals surface area contributed by atoms with Crippen molar-refractivity contribution in [1.29, 1.82) is 0 Å². The van der Waals surface area contributed by atoms with Crippen LogP contribution in [0.5, 0.6) is 0 Å². The molecule has 0 aliphatic carbocycles. The maximum atomic E-state index is 12.4. The van der Waals surface area contributed by atoms with E-state index in [1.165, 1.54) is 0 Å². The predicted octanol–water partition coefficient (Wildman–Crippen LogP) is 4.83. The van der Waals surface area contributed by atoms with Gasteiger partial charge in [-0.3, -0.25) is 9.78 Å². The Morgan fingerprint density at radius 3 is 2.56 bits per heavy atom. The number of hydrogen-bond donors (Lipinski definition) is 2. The number of rotatable bonds is 5. The lowest BCUT2D eigenvalue weighted by Gasteiger charge is -2.10. The SMILES string of the molecule is Cc1ccccc1CNC(=O)c1cncc(Nc2ccc(Br)cc2)c1. The molecule has 0 atom stereocenters. The molecule has 5 heteroatoms. The summed E-state index contributed by atoms with van der Waals surface area (Å²) in [5.74, 6) is -0.143. The molecule has 2 N–H and O–H groups in total. The van der Waals surface area contributed by atoms with Gasteiger partial charge in [0.15, 0.2) is 0 Å². The van der Waals surface area contributed by atoms with Crippen molar-refractivity contribution in [3.05, 3.63) is 88.2 Å². The summed E-state index contributed by atoms with van der Waals surface area (Å²) in [5.41, 5.74) is 4.49. The molecule has 126 valence electrons. The Kier molecular flexibility index (Phi) is 5.46. The monoisotopic (exact) mass is 395 g/mol. The molecule has 0 radical (unpaired) electrons. The quantitative estimate of drug-likeness (QED) is 0.650. The molecule has 3 rings (SSSR count). The van der Waals surface area contributed by atoms with Gasteiger partial charge in [0.2, 0.25) is 0 Å². The van der Waals surface area contributed by atoms with Crippen LogP contribution in [0.4, 0.5) is 11.4 Å². The van der Waals surface area contributed by atoms with E-state index in [9.17, 15) is 4.79 Å². The van der Waals surface area contributed by atoms with Gasteiger partial charge in [-0.05, 0) is 48.4 Å². The third-order valence-corrected chi connectivity index (χ3v) is 4.36. The van der Waals surface area contributed by atoms with Crippen LogP contribution in [0.25, 0.3) is 0 Å². The van der Waals surface area contributed by atoms with Gasteiger partial charge in [-0.1, -0.05) is 40.2 Å². The molecular weight excluding hydrogens is 378 g/mol. The Labute approximate surface area is 155 Å². The third-order valence-electron chi connectivity index (χ3n) is 3.83. The fourth-order valence-corrected chi connectivity index (χ4v) is 2.68.